The molecule has 0 aromatic heterocycles. The molecule has 0 spiro atoms. The molecule has 2 rings (SSSR count). The highest BCUT2D eigenvalue weighted by atomic mass is 19.3. The minimum atomic E-state index is -2.37. The number of hydrogen-bond donors (Lipinski definition) is 1. The Morgan fingerprint density at radius 2 is 2.00 bits per heavy atom. The van der Waals surface area contributed by atoms with Crippen LogP contribution in [0.15, 0.2) is 24.3 Å². The zero-order valence-electron chi connectivity index (χ0n) is 10.2. The summed E-state index contributed by atoms with van der Waals surface area (Å²) in [7, 11) is 0. The third kappa shape index (κ3) is 3.06. The monoisotopic (exact) mass is 256 g/mol. The fourth-order valence-electron chi connectivity index (χ4n) is 2.60. The second kappa shape index (κ2) is 6.25. The van der Waals surface area contributed by atoms with Crippen molar-refractivity contribution in [3.8, 4) is 0 Å². The molecule has 1 saturated heterocycles. The number of aliphatic hydroxyl groups is 1. The van der Waals surface area contributed by atoms with E-state index in [1.165, 1.54) is 0 Å². The van der Waals surface area contributed by atoms with E-state index in [1.54, 1.807) is 24.3 Å². The molecule has 4 heteroatoms. The Morgan fingerprint density at radius 1 is 1.28 bits per heavy atom. The van der Waals surface area contributed by atoms with Gasteiger partial charge < -0.3 is 9.84 Å². The van der Waals surface area contributed by atoms with Crippen LogP contribution < -0.4 is 0 Å². The van der Waals surface area contributed by atoms with E-state index in [1.807, 2.05) is 0 Å². The molecule has 18 heavy (non-hydrogen) atoms. The van der Waals surface area contributed by atoms with Gasteiger partial charge in [0.05, 0.1) is 6.61 Å². The predicted octanol–water partition coefficient (Wildman–Crippen LogP) is 2.95. The van der Waals surface area contributed by atoms with Crippen LogP contribution in [-0.2, 0) is 11.3 Å². The summed E-state index contributed by atoms with van der Waals surface area (Å²) in [6, 6.07) is 6.89. The van der Waals surface area contributed by atoms with Gasteiger partial charge in [0.15, 0.2) is 0 Å². The fourth-order valence-corrected chi connectivity index (χ4v) is 2.60. The standard InChI is InChI=1S/C14H18F2O2/c15-14(16)13(11-4-6-18-7-5-11)12-3-1-2-10(8-12)9-17/h1-3,8,11,13-14,17H,4-7,9H2. The van der Waals surface area contributed by atoms with Crippen LogP contribution >= 0.6 is 0 Å². The van der Waals surface area contributed by atoms with Gasteiger partial charge in [-0.2, -0.15) is 0 Å². The summed E-state index contributed by atoms with van der Waals surface area (Å²) in [6.45, 7) is 1.01. The van der Waals surface area contributed by atoms with Gasteiger partial charge in [-0.1, -0.05) is 24.3 Å². The van der Waals surface area contributed by atoms with E-state index in [-0.39, 0.29) is 12.5 Å². The number of rotatable bonds is 4. The molecule has 1 heterocycles. The highest BCUT2D eigenvalue weighted by Gasteiger charge is 2.32. The minimum absolute atomic E-state index is 0.0345. The normalized spacial score (nSPS) is 19.1. The maximum atomic E-state index is 13.3. The Labute approximate surface area is 106 Å². The van der Waals surface area contributed by atoms with Gasteiger partial charge in [-0.15, -0.1) is 0 Å². The van der Waals surface area contributed by atoms with Crippen molar-refractivity contribution in [2.45, 2.75) is 31.8 Å². The molecule has 1 aliphatic heterocycles. The maximum Gasteiger partial charge on any atom is 0.245 e. The molecule has 1 aromatic carbocycles. The van der Waals surface area contributed by atoms with Crippen LogP contribution in [0.4, 0.5) is 8.78 Å². The summed E-state index contributed by atoms with van der Waals surface area (Å²) in [6.07, 6.45) is -1.02. The SMILES string of the molecule is OCc1cccc(C(C(F)F)C2CCOCC2)c1. The van der Waals surface area contributed by atoms with Crippen molar-refractivity contribution in [1.82, 2.24) is 0 Å². The summed E-state index contributed by atoms with van der Waals surface area (Å²) in [5.41, 5.74) is 1.31. The third-order valence-electron chi connectivity index (χ3n) is 3.56. The van der Waals surface area contributed by atoms with Crippen molar-refractivity contribution in [1.29, 1.82) is 0 Å². The lowest BCUT2D eigenvalue weighted by molar-refractivity contribution is 0.0186. The van der Waals surface area contributed by atoms with Crippen LogP contribution in [0.3, 0.4) is 0 Å². The third-order valence-corrected chi connectivity index (χ3v) is 3.56. The zero-order valence-corrected chi connectivity index (χ0v) is 10.2. The second-order valence-corrected chi connectivity index (χ2v) is 4.71. The Kier molecular flexibility index (Phi) is 4.66. The first kappa shape index (κ1) is 13.4. The van der Waals surface area contributed by atoms with Crippen molar-refractivity contribution in [2.24, 2.45) is 5.92 Å². The van der Waals surface area contributed by atoms with Crippen molar-refractivity contribution in [3.63, 3.8) is 0 Å². The van der Waals surface area contributed by atoms with Gasteiger partial charge in [-0.3, -0.25) is 0 Å². The van der Waals surface area contributed by atoms with E-state index < -0.39 is 12.3 Å². The first-order valence-corrected chi connectivity index (χ1v) is 6.28. The van der Waals surface area contributed by atoms with Gasteiger partial charge >= 0.3 is 0 Å². The molecule has 1 atom stereocenters. The van der Waals surface area contributed by atoms with Gasteiger partial charge in [0, 0.05) is 19.1 Å². The van der Waals surface area contributed by atoms with Crippen LogP contribution in [0.1, 0.15) is 29.9 Å². The number of alkyl halides is 2. The summed E-state index contributed by atoms with van der Waals surface area (Å²) in [5.74, 6) is -0.784. The summed E-state index contributed by atoms with van der Waals surface area (Å²) in [5, 5.41) is 9.09. The number of ether oxygens (including phenoxy) is 1. The molecule has 0 amide bonds. The van der Waals surface area contributed by atoms with E-state index in [2.05, 4.69) is 0 Å². The second-order valence-electron chi connectivity index (χ2n) is 4.71. The van der Waals surface area contributed by atoms with Crippen molar-refractivity contribution >= 4 is 0 Å². The van der Waals surface area contributed by atoms with Crippen molar-refractivity contribution < 1.29 is 18.6 Å². The summed E-state index contributed by atoms with van der Waals surface area (Å²) in [4.78, 5) is 0. The largest absolute Gasteiger partial charge is 0.392 e. The first-order valence-electron chi connectivity index (χ1n) is 6.28. The summed E-state index contributed by atoms with van der Waals surface area (Å²) >= 11 is 0. The molecule has 1 fully saturated rings. The van der Waals surface area contributed by atoms with Crippen molar-refractivity contribution in [2.75, 3.05) is 13.2 Å². The van der Waals surface area contributed by atoms with Crippen LogP contribution in [0, 0.1) is 5.92 Å². The highest BCUT2D eigenvalue weighted by molar-refractivity contribution is 5.27. The molecule has 1 N–H and O–H groups in total. The number of hydrogen-bond acceptors (Lipinski definition) is 2. The van der Waals surface area contributed by atoms with Gasteiger partial charge in [-0.25, -0.2) is 8.78 Å². The van der Waals surface area contributed by atoms with Crippen LogP contribution in [0.25, 0.3) is 0 Å². The minimum Gasteiger partial charge on any atom is -0.392 e. The van der Waals surface area contributed by atoms with Crippen LogP contribution in [-0.4, -0.2) is 24.7 Å². The Hall–Kier alpha value is -1.00. The van der Waals surface area contributed by atoms with Crippen LogP contribution in [0.2, 0.25) is 0 Å². The average molecular weight is 256 g/mol. The zero-order chi connectivity index (χ0) is 13.0. The van der Waals surface area contributed by atoms with E-state index in [0.29, 0.717) is 37.2 Å². The lowest BCUT2D eigenvalue weighted by atomic mass is 9.81. The Morgan fingerprint density at radius 3 is 2.61 bits per heavy atom. The quantitative estimate of drug-likeness (QED) is 0.897. The molecule has 0 aliphatic carbocycles. The van der Waals surface area contributed by atoms with Crippen LogP contribution in [0.5, 0.6) is 0 Å². The Balaban J connectivity index is 2.22. The van der Waals surface area contributed by atoms with E-state index in [0.717, 1.165) is 0 Å². The number of aliphatic hydroxyl groups excluding tert-OH is 1. The van der Waals surface area contributed by atoms with E-state index >= 15 is 0 Å². The van der Waals surface area contributed by atoms with E-state index in [4.69, 9.17) is 9.84 Å². The Bertz CT molecular complexity index is 376. The molecular weight excluding hydrogens is 238 g/mol. The molecule has 1 aromatic rings. The lowest BCUT2D eigenvalue weighted by Gasteiger charge is -2.30. The molecule has 1 aliphatic rings. The highest BCUT2D eigenvalue weighted by Crippen LogP contribution is 2.37. The topological polar surface area (TPSA) is 29.5 Å². The van der Waals surface area contributed by atoms with Gasteiger partial charge in [0.25, 0.3) is 0 Å². The number of benzene rings is 1. The first-order chi connectivity index (χ1) is 8.72. The molecule has 2 nitrogen and oxygen atoms in total. The van der Waals surface area contributed by atoms with E-state index in [9.17, 15) is 8.78 Å². The maximum absolute atomic E-state index is 13.3. The summed E-state index contributed by atoms with van der Waals surface area (Å²) < 4.78 is 31.8. The average Bonchev–Trinajstić information content (AvgIpc) is 2.40. The number of halogens is 2. The fraction of sp³-hybridized carbons (Fsp3) is 0.571. The van der Waals surface area contributed by atoms with Crippen molar-refractivity contribution in [3.05, 3.63) is 35.4 Å². The van der Waals surface area contributed by atoms with Gasteiger partial charge in [0.2, 0.25) is 6.43 Å². The molecular formula is C14H18F2O2. The molecule has 0 saturated carbocycles. The predicted molar refractivity (Wildman–Crippen MR) is 64.7 cm³/mol. The lowest BCUT2D eigenvalue weighted by Crippen LogP contribution is -2.26. The molecule has 0 radical (unpaired) electrons. The molecule has 0 bridgehead atoms. The molecule has 1 unspecified atom stereocenters. The van der Waals surface area contributed by atoms with Gasteiger partial charge in [0.1, 0.15) is 0 Å². The van der Waals surface area contributed by atoms with Gasteiger partial charge in [-0.05, 0) is 29.9 Å². The smallest absolute Gasteiger partial charge is 0.245 e. The molecule has 100 valence electrons.